The summed E-state index contributed by atoms with van der Waals surface area (Å²) in [5.41, 5.74) is 10.3. The maximum absolute atomic E-state index is 12.1. The van der Waals surface area contributed by atoms with Crippen LogP contribution in [0, 0.1) is 13.8 Å². The largest absolute Gasteiger partial charge is 0.395 e. The molecule has 19 heavy (non-hydrogen) atoms. The van der Waals surface area contributed by atoms with Crippen molar-refractivity contribution in [2.45, 2.75) is 27.2 Å². The number of hydrogen-bond acceptors (Lipinski definition) is 3. The zero-order valence-corrected chi connectivity index (χ0v) is 11.4. The Morgan fingerprint density at radius 3 is 2.74 bits per heavy atom. The van der Waals surface area contributed by atoms with Crippen molar-refractivity contribution in [1.29, 1.82) is 0 Å². The van der Waals surface area contributed by atoms with Crippen molar-refractivity contribution in [1.82, 2.24) is 10.2 Å². The normalized spacial score (nSPS) is 10.5. The number of nitrogen functional groups attached to an aromatic ring is 1. The number of anilines is 2. The molecule has 1 aromatic heterocycles. The number of amides is 1. The number of nitrogens with zero attached hydrogens (tertiary/aromatic N) is 1. The zero-order chi connectivity index (χ0) is 14.0. The fourth-order valence-electron chi connectivity index (χ4n) is 1.96. The average Bonchev–Trinajstić information content (AvgIpc) is 2.74. The highest BCUT2D eigenvalue weighted by Gasteiger charge is 2.17. The standard InChI is InChI=1S/C14H18N4O/c1-4-10-12(15)13(18-17-10)14(19)16-11-6-5-8(2)7-9(11)3/h5-7H,4,15H2,1-3H3,(H,16,19)(H,17,18). The fraction of sp³-hybridized carbons (Fsp3) is 0.286. The van der Waals surface area contributed by atoms with Crippen LogP contribution in [0.25, 0.3) is 0 Å². The first-order chi connectivity index (χ1) is 9.02. The lowest BCUT2D eigenvalue weighted by Crippen LogP contribution is -2.15. The van der Waals surface area contributed by atoms with Crippen molar-refractivity contribution in [2.75, 3.05) is 11.1 Å². The summed E-state index contributed by atoms with van der Waals surface area (Å²) in [6.45, 7) is 5.92. The minimum atomic E-state index is -0.291. The van der Waals surface area contributed by atoms with E-state index in [1.165, 1.54) is 0 Å². The summed E-state index contributed by atoms with van der Waals surface area (Å²) in [5.74, 6) is -0.291. The Morgan fingerprint density at radius 2 is 2.16 bits per heavy atom. The van der Waals surface area contributed by atoms with Gasteiger partial charge >= 0.3 is 0 Å². The van der Waals surface area contributed by atoms with Gasteiger partial charge in [0.15, 0.2) is 5.69 Å². The van der Waals surface area contributed by atoms with Crippen LogP contribution in [0.3, 0.4) is 0 Å². The monoisotopic (exact) mass is 258 g/mol. The molecule has 0 aliphatic carbocycles. The molecule has 5 nitrogen and oxygen atoms in total. The van der Waals surface area contributed by atoms with Gasteiger partial charge in [-0.05, 0) is 31.9 Å². The molecule has 0 atom stereocenters. The Balaban J connectivity index is 2.23. The van der Waals surface area contributed by atoms with Crippen LogP contribution in [0.15, 0.2) is 18.2 Å². The molecule has 0 unspecified atom stereocenters. The van der Waals surface area contributed by atoms with Gasteiger partial charge in [-0.25, -0.2) is 0 Å². The van der Waals surface area contributed by atoms with Gasteiger partial charge in [0, 0.05) is 5.69 Å². The van der Waals surface area contributed by atoms with Crippen molar-refractivity contribution in [2.24, 2.45) is 0 Å². The molecular formula is C14H18N4O. The molecule has 1 aromatic carbocycles. The van der Waals surface area contributed by atoms with Crippen molar-refractivity contribution < 1.29 is 4.79 Å². The molecule has 1 amide bonds. The number of aromatic amines is 1. The first kappa shape index (κ1) is 13.1. The smallest absolute Gasteiger partial charge is 0.278 e. The minimum absolute atomic E-state index is 0.247. The van der Waals surface area contributed by atoms with Crippen molar-refractivity contribution >= 4 is 17.3 Å². The molecule has 0 spiro atoms. The Labute approximate surface area is 112 Å². The number of H-pyrrole nitrogens is 1. The molecule has 4 N–H and O–H groups in total. The number of benzene rings is 1. The molecule has 100 valence electrons. The van der Waals surface area contributed by atoms with Gasteiger partial charge in [0.2, 0.25) is 0 Å². The summed E-state index contributed by atoms with van der Waals surface area (Å²) in [6, 6.07) is 5.85. The van der Waals surface area contributed by atoms with E-state index in [9.17, 15) is 4.79 Å². The van der Waals surface area contributed by atoms with Crippen LogP contribution >= 0.6 is 0 Å². The third kappa shape index (κ3) is 2.59. The number of nitrogens with two attached hydrogens (primary N) is 1. The van der Waals surface area contributed by atoms with E-state index >= 15 is 0 Å². The van der Waals surface area contributed by atoms with E-state index < -0.39 is 0 Å². The van der Waals surface area contributed by atoms with Crippen molar-refractivity contribution in [3.63, 3.8) is 0 Å². The maximum atomic E-state index is 12.1. The van der Waals surface area contributed by atoms with Crippen LogP contribution in [0.5, 0.6) is 0 Å². The van der Waals surface area contributed by atoms with Gasteiger partial charge in [0.1, 0.15) is 0 Å². The van der Waals surface area contributed by atoms with Gasteiger partial charge in [-0.1, -0.05) is 24.6 Å². The molecule has 0 saturated heterocycles. The van der Waals surface area contributed by atoms with Crippen molar-refractivity contribution in [3.8, 4) is 0 Å². The number of rotatable bonds is 3. The third-order valence-electron chi connectivity index (χ3n) is 3.08. The second kappa shape index (κ2) is 5.14. The van der Waals surface area contributed by atoms with E-state index in [0.29, 0.717) is 5.69 Å². The summed E-state index contributed by atoms with van der Waals surface area (Å²) >= 11 is 0. The van der Waals surface area contributed by atoms with Crippen LogP contribution in [-0.2, 0) is 6.42 Å². The zero-order valence-electron chi connectivity index (χ0n) is 11.4. The summed E-state index contributed by atoms with van der Waals surface area (Å²) in [6.07, 6.45) is 0.718. The highest BCUT2D eigenvalue weighted by molar-refractivity contribution is 6.06. The number of aryl methyl sites for hydroxylation is 3. The number of carbonyl (C=O) groups is 1. The summed E-state index contributed by atoms with van der Waals surface area (Å²) < 4.78 is 0. The number of carbonyl (C=O) groups excluding carboxylic acids is 1. The molecular weight excluding hydrogens is 240 g/mol. The first-order valence-electron chi connectivity index (χ1n) is 6.24. The number of aromatic nitrogens is 2. The van der Waals surface area contributed by atoms with Crippen LogP contribution < -0.4 is 11.1 Å². The van der Waals surface area contributed by atoms with E-state index in [1.807, 2.05) is 39.0 Å². The van der Waals surface area contributed by atoms with E-state index in [4.69, 9.17) is 5.73 Å². The van der Waals surface area contributed by atoms with Gasteiger partial charge in [-0.2, -0.15) is 5.10 Å². The Kier molecular flexibility index (Phi) is 3.55. The van der Waals surface area contributed by atoms with E-state index in [2.05, 4.69) is 15.5 Å². The quantitative estimate of drug-likeness (QED) is 0.790. The SMILES string of the molecule is CCc1[nH]nc(C(=O)Nc2ccc(C)cc2C)c1N. The molecule has 0 aliphatic heterocycles. The van der Waals surface area contributed by atoms with Crippen LogP contribution in [-0.4, -0.2) is 16.1 Å². The second-order valence-electron chi connectivity index (χ2n) is 4.59. The molecule has 5 heteroatoms. The predicted octanol–water partition coefficient (Wildman–Crippen LogP) is 2.42. The molecule has 2 rings (SSSR count). The second-order valence-corrected chi connectivity index (χ2v) is 4.59. The van der Waals surface area contributed by atoms with Crippen LogP contribution in [0.4, 0.5) is 11.4 Å². The Hall–Kier alpha value is -2.30. The summed E-state index contributed by atoms with van der Waals surface area (Å²) in [4.78, 5) is 12.1. The van der Waals surface area contributed by atoms with E-state index in [0.717, 1.165) is 28.9 Å². The lowest BCUT2D eigenvalue weighted by Gasteiger charge is -2.08. The lowest BCUT2D eigenvalue weighted by molar-refractivity contribution is 0.102. The van der Waals surface area contributed by atoms with Gasteiger partial charge in [0.05, 0.1) is 11.4 Å². The Morgan fingerprint density at radius 1 is 1.42 bits per heavy atom. The van der Waals surface area contributed by atoms with E-state index in [1.54, 1.807) is 0 Å². The average molecular weight is 258 g/mol. The Bertz CT molecular complexity index is 616. The van der Waals surface area contributed by atoms with E-state index in [-0.39, 0.29) is 11.6 Å². The molecule has 2 aromatic rings. The summed E-state index contributed by atoms with van der Waals surface area (Å²) in [7, 11) is 0. The molecule has 0 bridgehead atoms. The van der Waals surface area contributed by atoms with Gasteiger partial charge in [0.25, 0.3) is 5.91 Å². The molecule has 0 aliphatic rings. The molecule has 1 heterocycles. The fourth-order valence-corrected chi connectivity index (χ4v) is 1.96. The van der Waals surface area contributed by atoms with Gasteiger partial charge < -0.3 is 11.1 Å². The lowest BCUT2D eigenvalue weighted by atomic mass is 10.1. The number of hydrogen-bond donors (Lipinski definition) is 3. The first-order valence-corrected chi connectivity index (χ1v) is 6.24. The third-order valence-corrected chi connectivity index (χ3v) is 3.08. The molecule has 0 saturated carbocycles. The molecule has 0 radical (unpaired) electrons. The predicted molar refractivity (Wildman–Crippen MR) is 76.2 cm³/mol. The van der Waals surface area contributed by atoms with Gasteiger partial charge in [-0.3, -0.25) is 9.89 Å². The summed E-state index contributed by atoms with van der Waals surface area (Å²) in [5, 5.41) is 9.58. The molecule has 0 fully saturated rings. The number of nitrogens with one attached hydrogen (secondary N) is 2. The highest BCUT2D eigenvalue weighted by Crippen LogP contribution is 2.19. The van der Waals surface area contributed by atoms with Crippen molar-refractivity contribution in [3.05, 3.63) is 40.7 Å². The van der Waals surface area contributed by atoms with Gasteiger partial charge in [-0.15, -0.1) is 0 Å². The van der Waals surface area contributed by atoms with Crippen LogP contribution in [0.2, 0.25) is 0 Å². The topological polar surface area (TPSA) is 83.8 Å². The maximum Gasteiger partial charge on any atom is 0.278 e. The van der Waals surface area contributed by atoms with Crippen LogP contribution in [0.1, 0.15) is 34.2 Å². The minimum Gasteiger partial charge on any atom is -0.395 e. The highest BCUT2D eigenvalue weighted by atomic mass is 16.2.